The Balaban J connectivity index is 0.996. The standard InChI is InChI=1S/C53H51N2O3S/c1-35-26-45-49(28-37(35)3)58-51(54(45)24-25-56-47-21-12-17-41-15-7-9-19-43(41)47)23-11-14-39-30-40(33-53(5,6)32-39)31-52-55(46-27-36(2)38(4)29-50(46)59-52)34-57-48-22-13-18-42-16-8-10-20-44(42)48/h7-23,26-31H,24-25,32-34H2,1-6H3/q+1. The first kappa shape index (κ1) is 38.4. The van der Waals surface area contributed by atoms with Crippen LogP contribution in [0.4, 0.5) is 5.69 Å². The van der Waals surface area contributed by atoms with E-state index in [1.165, 1.54) is 59.4 Å². The van der Waals surface area contributed by atoms with Crippen LogP contribution in [0.3, 0.4) is 0 Å². The van der Waals surface area contributed by atoms with E-state index < -0.39 is 0 Å². The fourth-order valence-corrected chi connectivity index (χ4v) is 9.65. The van der Waals surface area contributed by atoms with Crippen LogP contribution in [0.15, 0.2) is 151 Å². The van der Waals surface area contributed by atoms with Gasteiger partial charge in [0.25, 0.3) is 11.7 Å². The molecule has 0 N–H and O–H groups in total. The van der Waals surface area contributed by atoms with Crippen molar-refractivity contribution in [1.82, 2.24) is 0 Å². The molecule has 0 bridgehead atoms. The van der Waals surface area contributed by atoms with Crippen molar-refractivity contribution >= 4 is 54.9 Å². The van der Waals surface area contributed by atoms with E-state index in [2.05, 4.69) is 185 Å². The third kappa shape index (κ3) is 8.02. The van der Waals surface area contributed by atoms with Gasteiger partial charge in [-0.3, -0.25) is 0 Å². The molecule has 0 spiro atoms. The molecule has 0 saturated heterocycles. The van der Waals surface area contributed by atoms with Gasteiger partial charge in [-0.1, -0.05) is 116 Å². The first-order valence-electron chi connectivity index (χ1n) is 20.6. The van der Waals surface area contributed by atoms with Gasteiger partial charge in [0.05, 0.1) is 12.2 Å². The summed E-state index contributed by atoms with van der Waals surface area (Å²) in [6, 6.07) is 38.3. The Morgan fingerprint density at radius 3 is 2.14 bits per heavy atom. The Kier molecular flexibility index (Phi) is 10.4. The number of nitrogens with zero attached hydrogens (tertiary/aromatic N) is 2. The molecule has 6 aromatic carbocycles. The second-order valence-corrected chi connectivity index (χ2v) is 17.9. The lowest BCUT2D eigenvalue weighted by molar-refractivity contribution is -0.698. The minimum absolute atomic E-state index is 0.0989. The smallest absolute Gasteiger partial charge is 0.293 e. The molecule has 6 heteroatoms. The maximum absolute atomic E-state index is 6.63. The topological polar surface area (TPSA) is 34.8 Å². The highest BCUT2D eigenvalue weighted by molar-refractivity contribution is 7.18. The minimum Gasteiger partial charge on any atom is -0.491 e. The molecule has 0 atom stereocenters. The van der Waals surface area contributed by atoms with E-state index in [0.717, 1.165) is 52.4 Å². The molecule has 0 amide bonds. The molecule has 296 valence electrons. The van der Waals surface area contributed by atoms with Crippen LogP contribution in [-0.2, 0) is 6.73 Å². The fraction of sp³-hybridized carbons (Fsp3) is 0.226. The van der Waals surface area contributed by atoms with Gasteiger partial charge in [0.2, 0.25) is 11.4 Å². The number of hydrogen-bond donors (Lipinski definition) is 0. The van der Waals surface area contributed by atoms with E-state index in [9.17, 15) is 0 Å². The molecule has 2 aliphatic rings. The number of aryl methyl sites for hydroxylation is 4. The maximum Gasteiger partial charge on any atom is 0.293 e. The van der Waals surface area contributed by atoms with Crippen molar-refractivity contribution in [3.05, 3.63) is 178 Å². The molecule has 1 aromatic heterocycles. The van der Waals surface area contributed by atoms with Crippen LogP contribution in [0.1, 0.15) is 54.0 Å². The van der Waals surface area contributed by atoms with Gasteiger partial charge in [0.15, 0.2) is 5.75 Å². The number of anilines is 1. The Hall–Kier alpha value is -6.11. The Bertz CT molecular complexity index is 2860. The Labute approximate surface area is 351 Å². The molecule has 9 rings (SSSR count). The van der Waals surface area contributed by atoms with Crippen molar-refractivity contribution in [1.29, 1.82) is 0 Å². The number of thiazole rings is 1. The first-order chi connectivity index (χ1) is 28.6. The number of ether oxygens (including phenoxy) is 3. The third-order valence-corrected chi connectivity index (χ3v) is 12.8. The second-order valence-electron chi connectivity index (χ2n) is 16.8. The minimum atomic E-state index is 0.0989. The quantitative estimate of drug-likeness (QED) is 0.129. The summed E-state index contributed by atoms with van der Waals surface area (Å²) < 4.78 is 23.2. The van der Waals surface area contributed by atoms with E-state index >= 15 is 0 Å². The van der Waals surface area contributed by atoms with Crippen molar-refractivity contribution < 1.29 is 18.8 Å². The van der Waals surface area contributed by atoms with Gasteiger partial charge in [-0.05, 0) is 127 Å². The predicted octanol–water partition coefficient (Wildman–Crippen LogP) is 13.3. The second kappa shape index (κ2) is 15.9. The highest BCUT2D eigenvalue weighted by Gasteiger charge is 2.29. The number of fused-ring (bicyclic) bond motifs is 4. The summed E-state index contributed by atoms with van der Waals surface area (Å²) in [4.78, 5) is 2.24. The summed E-state index contributed by atoms with van der Waals surface area (Å²) in [5.41, 5.74) is 10.0. The summed E-state index contributed by atoms with van der Waals surface area (Å²) in [6.45, 7) is 15.0. The average molecular weight is 796 g/mol. The summed E-state index contributed by atoms with van der Waals surface area (Å²) in [5.74, 6) is 3.48. The van der Waals surface area contributed by atoms with E-state index in [1.807, 2.05) is 17.4 Å². The summed E-state index contributed by atoms with van der Waals surface area (Å²) in [7, 11) is 0. The van der Waals surface area contributed by atoms with E-state index in [-0.39, 0.29) is 5.41 Å². The van der Waals surface area contributed by atoms with Crippen LogP contribution >= 0.6 is 11.3 Å². The third-order valence-electron chi connectivity index (χ3n) is 11.7. The molecule has 0 fully saturated rings. The first-order valence-corrected chi connectivity index (χ1v) is 21.4. The van der Waals surface area contributed by atoms with Crippen molar-refractivity contribution in [2.45, 2.75) is 61.1 Å². The average Bonchev–Trinajstić information content (AvgIpc) is 3.71. The number of rotatable bonds is 10. The van der Waals surface area contributed by atoms with Crippen molar-refractivity contribution in [3.63, 3.8) is 0 Å². The number of hydrogen-bond acceptors (Lipinski definition) is 5. The highest BCUT2D eigenvalue weighted by atomic mass is 32.1. The van der Waals surface area contributed by atoms with Crippen molar-refractivity contribution in [3.8, 4) is 17.2 Å². The fourth-order valence-electron chi connectivity index (χ4n) is 8.45. The number of benzene rings is 6. The van der Waals surface area contributed by atoms with Gasteiger partial charge in [-0.25, -0.2) is 0 Å². The van der Waals surface area contributed by atoms with Crippen LogP contribution in [-0.4, -0.2) is 13.2 Å². The van der Waals surface area contributed by atoms with E-state index in [0.29, 0.717) is 19.9 Å². The lowest BCUT2D eigenvalue weighted by Gasteiger charge is -2.30. The Morgan fingerprint density at radius 2 is 1.39 bits per heavy atom. The summed E-state index contributed by atoms with van der Waals surface area (Å²) in [6.07, 6.45) is 13.2. The van der Waals surface area contributed by atoms with Crippen LogP contribution < -0.4 is 23.7 Å². The molecule has 5 nitrogen and oxygen atoms in total. The zero-order chi connectivity index (χ0) is 40.7. The summed E-state index contributed by atoms with van der Waals surface area (Å²) >= 11 is 1.83. The molecule has 0 radical (unpaired) electrons. The molecule has 0 saturated carbocycles. The summed E-state index contributed by atoms with van der Waals surface area (Å²) in [5, 5.41) is 5.78. The van der Waals surface area contributed by atoms with Crippen LogP contribution in [0.25, 0.3) is 37.8 Å². The molecule has 59 heavy (non-hydrogen) atoms. The number of aromatic nitrogens is 1. The van der Waals surface area contributed by atoms with Crippen LogP contribution in [0.5, 0.6) is 17.2 Å². The molecule has 2 heterocycles. The SMILES string of the molecule is Cc1cc2c(cc1C)N(CCOc1cccc3ccccc13)C(=CC=CC1=CC(=Cc3sc4cc(C)c(C)cc4[n+]3COc3cccc4ccccc34)CC(C)(C)C1)O2. The predicted molar refractivity (Wildman–Crippen MR) is 246 cm³/mol. The van der Waals surface area contributed by atoms with Gasteiger partial charge in [0, 0.05) is 22.9 Å². The normalized spacial score (nSPS) is 16.4. The van der Waals surface area contributed by atoms with Gasteiger partial charge in [0.1, 0.15) is 22.8 Å². The molecule has 7 aromatic rings. The van der Waals surface area contributed by atoms with Crippen LogP contribution in [0.2, 0.25) is 0 Å². The maximum atomic E-state index is 6.63. The zero-order valence-corrected chi connectivity index (χ0v) is 35.7. The lowest BCUT2D eigenvalue weighted by atomic mass is 9.75. The van der Waals surface area contributed by atoms with Crippen molar-refractivity contribution in [2.75, 3.05) is 18.1 Å². The molecule has 1 aliphatic heterocycles. The van der Waals surface area contributed by atoms with E-state index in [1.54, 1.807) is 0 Å². The van der Waals surface area contributed by atoms with Gasteiger partial charge < -0.3 is 19.1 Å². The zero-order valence-electron chi connectivity index (χ0n) is 34.8. The van der Waals surface area contributed by atoms with Gasteiger partial charge in [-0.15, -0.1) is 4.57 Å². The monoisotopic (exact) mass is 795 g/mol. The number of allylic oxidation sites excluding steroid dienone is 6. The Morgan fingerprint density at radius 1 is 0.746 bits per heavy atom. The molecule has 0 unspecified atom stereocenters. The highest BCUT2D eigenvalue weighted by Crippen LogP contribution is 2.42. The lowest BCUT2D eigenvalue weighted by Crippen LogP contribution is -2.38. The van der Waals surface area contributed by atoms with Gasteiger partial charge in [-0.2, -0.15) is 0 Å². The van der Waals surface area contributed by atoms with E-state index in [4.69, 9.17) is 14.2 Å². The molecular weight excluding hydrogens is 745 g/mol. The molecular formula is C53H51N2O3S+. The van der Waals surface area contributed by atoms with Gasteiger partial charge >= 0.3 is 0 Å². The molecule has 1 aliphatic carbocycles. The van der Waals surface area contributed by atoms with Crippen LogP contribution in [0, 0.1) is 33.1 Å². The largest absolute Gasteiger partial charge is 0.491 e. The van der Waals surface area contributed by atoms with Crippen molar-refractivity contribution in [2.24, 2.45) is 5.41 Å².